The van der Waals surface area contributed by atoms with Gasteiger partial charge in [0.25, 0.3) is 0 Å². The topological polar surface area (TPSA) is 42.1 Å². The molecule has 3 rings (SSSR count). The van der Waals surface area contributed by atoms with Crippen LogP contribution in [0.3, 0.4) is 0 Å². The lowest BCUT2D eigenvalue weighted by molar-refractivity contribution is 0.0526. The number of ether oxygens (including phenoxy) is 1. The maximum Gasteiger partial charge on any atom is 0.340 e. The zero-order valence-electron chi connectivity index (χ0n) is 11.9. The molecular weight excluding hydrogens is 250 g/mol. The zero-order chi connectivity index (χ0) is 13.9. The molecule has 3 heteroatoms. The highest BCUT2D eigenvalue weighted by Gasteiger charge is 2.26. The second-order valence-electron chi connectivity index (χ2n) is 5.51. The highest BCUT2D eigenvalue weighted by Crippen LogP contribution is 2.37. The fourth-order valence-electron chi connectivity index (χ4n) is 3.28. The maximum absolute atomic E-state index is 12.3. The Morgan fingerprint density at radius 3 is 2.75 bits per heavy atom. The molecule has 0 atom stereocenters. The van der Waals surface area contributed by atoms with Gasteiger partial charge in [-0.05, 0) is 31.7 Å². The smallest absolute Gasteiger partial charge is 0.340 e. The third kappa shape index (κ3) is 2.33. The second kappa shape index (κ2) is 5.70. The van der Waals surface area contributed by atoms with E-state index in [1.54, 1.807) is 0 Å². The predicted octanol–water partition coefficient (Wildman–Crippen LogP) is 4.39. The van der Waals surface area contributed by atoms with Crippen LogP contribution in [0.4, 0.5) is 0 Å². The summed E-state index contributed by atoms with van der Waals surface area (Å²) in [5.41, 5.74) is 2.88. The molecule has 1 heterocycles. The van der Waals surface area contributed by atoms with Crippen molar-refractivity contribution in [2.24, 2.45) is 0 Å². The van der Waals surface area contributed by atoms with Crippen LogP contribution in [-0.4, -0.2) is 17.6 Å². The number of rotatable bonds is 3. The third-order valence-electron chi connectivity index (χ3n) is 4.23. The summed E-state index contributed by atoms with van der Waals surface area (Å²) < 4.78 is 5.27. The van der Waals surface area contributed by atoms with Gasteiger partial charge in [-0.2, -0.15) is 0 Å². The number of carbonyl (C=O) groups excluding carboxylic acids is 1. The number of nitrogens with one attached hydrogen (secondary N) is 1. The first-order valence-electron chi connectivity index (χ1n) is 7.59. The summed E-state index contributed by atoms with van der Waals surface area (Å²) in [4.78, 5) is 15.8. The Morgan fingerprint density at radius 1 is 1.25 bits per heavy atom. The molecule has 1 aliphatic carbocycles. The number of H-pyrrole nitrogens is 1. The SMILES string of the molecule is CCOC(=O)c1c(C2CCCCC2)[nH]c2ccccc12. The van der Waals surface area contributed by atoms with Crippen molar-refractivity contribution in [3.8, 4) is 0 Å². The van der Waals surface area contributed by atoms with Crippen molar-refractivity contribution >= 4 is 16.9 Å². The van der Waals surface area contributed by atoms with Gasteiger partial charge in [0.05, 0.1) is 12.2 Å². The first kappa shape index (κ1) is 13.2. The minimum absolute atomic E-state index is 0.189. The first-order valence-corrected chi connectivity index (χ1v) is 7.59. The number of benzene rings is 1. The monoisotopic (exact) mass is 271 g/mol. The molecule has 0 bridgehead atoms. The van der Waals surface area contributed by atoms with Gasteiger partial charge in [-0.15, -0.1) is 0 Å². The predicted molar refractivity (Wildman–Crippen MR) is 80.1 cm³/mol. The van der Waals surface area contributed by atoms with E-state index in [4.69, 9.17) is 4.74 Å². The number of carbonyl (C=O) groups is 1. The zero-order valence-corrected chi connectivity index (χ0v) is 11.9. The number of aromatic nitrogens is 1. The summed E-state index contributed by atoms with van der Waals surface area (Å²) in [7, 11) is 0. The normalized spacial score (nSPS) is 16.4. The summed E-state index contributed by atoms with van der Waals surface area (Å²) >= 11 is 0. The van der Waals surface area contributed by atoms with Crippen molar-refractivity contribution in [1.29, 1.82) is 0 Å². The molecule has 0 radical (unpaired) electrons. The Morgan fingerprint density at radius 2 is 2.00 bits per heavy atom. The minimum Gasteiger partial charge on any atom is -0.462 e. The standard InChI is InChI=1S/C17H21NO2/c1-2-20-17(19)15-13-10-6-7-11-14(13)18-16(15)12-8-4-3-5-9-12/h6-7,10-12,18H,2-5,8-9H2,1H3. The van der Waals surface area contributed by atoms with Gasteiger partial charge in [0.2, 0.25) is 0 Å². The number of hydrogen-bond acceptors (Lipinski definition) is 2. The van der Waals surface area contributed by atoms with E-state index in [1.165, 1.54) is 32.1 Å². The minimum atomic E-state index is -0.189. The van der Waals surface area contributed by atoms with Gasteiger partial charge in [0.1, 0.15) is 0 Å². The van der Waals surface area contributed by atoms with Crippen LogP contribution in [0, 0.1) is 0 Å². The van der Waals surface area contributed by atoms with Crippen LogP contribution in [0.25, 0.3) is 10.9 Å². The van der Waals surface area contributed by atoms with Crippen LogP contribution in [0.2, 0.25) is 0 Å². The van der Waals surface area contributed by atoms with Crippen LogP contribution in [0.15, 0.2) is 24.3 Å². The Labute approximate surface area is 119 Å². The lowest BCUT2D eigenvalue weighted by Crippen LogP contribution is -2.12. The Balaban J connectivity index is 2.09. The highest BCUT2D eigenvalue weighted by molar-refractivity contribution is 6.05. The third-order valence-corrected chi connectivity index (χ3v) is 4.23. The highest BCUT2D eigenvalue weighted by atomic mass is 16.5. The molecule has 1 fully saturated rings. The molecule has 0 aliphatic heterocycles. The molecule has 3 nitrogen and oxygen atoms in total. The van der Waals surface area contributed by atoms with Crippen LogP contribution < -0.4 is 0 Å². The van der Waals surface area contributed by atoms with Crippen molar-refractivity contribution in [3.63, 3.8) is 0 Å². The molecule has 0 saturated heterocycles. The largest absolute Gasteiger partial charge is 0.462 e. The van der Waals surface area contributed by atoms with Crippen LogP contribution in [0.5, 0.6) is 0 Å². The average molecular weight is 271 g/mol. The van der Waals surface area contributed by atoms with Gasteiger partial charge in [-0.3, -0.25) is 0 Å². The fourth-order valence-corrected chi connectivity index (χ4v) is 3.28. The van der Waals surface area contributed by atoms with Crippen molar-refractivity contribution in [1.82, 2.24) is 4.98 Å². The molecule has 0 amide bonds. The Bertz CT molecular complexity index is 608. The number of para-hydroxylation sites is 1. The van der Waals surface area contributed by atoms with E-state index in [2.05, 4.69) is 4.98 Å². The molecule has 20 heavy (non-hydrogen) atoms. The van der Waals surface area contributed by atoms with Gasteiger partial charge in [-0.25, -0.2) is 4.79 Å². The van der Waals surface area contributed by atoms with Gasteiger partial charge in [0, 0.05) is 16.6 Å². The van der Waals surface area contributed by atoms with Gasteiger partial charge >= 0.3 is 5.97 Å². The summed E-state index contributed by atoms with van der Waals surface area (Å²) in [6.07, 6.45) is 6.15. The van der Waals surface area contributed by atoms with E-state index in [9.17, 15) is 4.79 Å². The fraction of sp³-hybridized carbons (Fsp3) is 0.471. The molecule has 2 aromatic rings. The van der Waals surface area contributed by atoms with Crippen LogP contribution >= 0.6 is 0 Å². The maximum atomic E-state index is 12.3. The van der Waals surface area contributed by atoms with Crippen molar-refractivity contribution in [2.45, 2.75) is 44.9 Å². The summed E-state index contributed by atoms with van der Waals surface area (Å²) in [5, 5.41) is 0.992. The quantitative estimate of drug-likeness (QED) is 0.841. The number of fused-ring (bicyclic) bond motifs is 1. The van der Waals surface area contributed by atoms with Crippen molar-refractivity contribution < 1.29 is 9.53 Å². The van der Waals surface area contributed by atoms with Crippen LogP contribution in [0.1, 0.15) is 61.0 Å². The second-order valence-corrected chi connectivity index (χ2v) is 5.51. The lowest BCUT2D eigenvalue weighted by Gasteiger charge is -2.21. The van der Waals surface area contributed by atoms with Crippen molar-refractivity contribution in [3.05, 3.63) is 35.5 Å². The van der Waals surface area contributed by atoms with Gasteiger partial charge < -0.3 is 9.72 Å². The van der Waals surface area contributed by atoms with Gasteiger partial charge in [0.15, 0.2) is 0 Å². The van der Waals surface area contributed by atoms with E-state index < -0.39 is 0 Å². The molecule has 1 aliphatic rings. The molecule has 1 aromatic carbocycles. The molecule has 1 N–H and O–H groups in total. The Kier molecular flexibility index (Phi) is 3.77. The molecule has 0 spiro atoms. The van der Waals surface area contributed by atoms with E-state index >= 15 is 0 Å². The number of aromatic amines is 1. The number of hydrogen-bond donors (Lipinski definition) is 1. The number of esters is 1. The van der Waals surface area contributed by atoms with E-state index in [1.807, 2.05) is 31.2 Å². The molecule has 1 saturated carbocycles. The summed E-state index contributed by atoms with van der Waals surface area (Å²) in [6, 6.07) is 8.01. The molecule has 106 valence electrons. The van der Waals surface area contributed by atoms with Crippen molar-refractivity contribution in [2.75, 3.05) is 6.61 Å². The molecule has 1 aromatic heterocycles. The summed E-state index contributed by atoms with van der Waals surface area (Å²) in [5.74, 6) is 0.279. The lowest BCUT2D eigenvalue weighted by atomic mass is 9.85. The molecule has 0 unspecified atom stereocenters. The van der Waals surface area contributed by atoms with E-state index in [0.29, 0.717) is 12.5 Å². The molecular formula is C17H21NO2. The summed E-state index contributed by atoms with van der Waals surface area (Å²) in [6.45, 7) is 2.27. The average Bonchev–Trinajstić information content (AvgIpc) is 2.88. The van der Waals surface area contributed by atoms with Gasteiger partial charge in [-0.1, -0.05) is 37.5 Å². The first-order chi connectivity index (χ1) is 9.81. The van der Waals surface area contributed by atoms with E-state index in [-0.39, 0.29) is 5.97 Å². The van der Waals surface area contributed by atoms with E-state index in [0.717, 1.165) is 22.2 Å². The Hall–Kier alpha value is -1.77. The van der Waals surface area contributed by atoms with Crippen LogP contribution in [-0.2, 0) is 4.74 Å².